The highest BCUT2D eigenvalue weighted by atomic mass is 32.2. The maximum Gasteiger partial charge on any atom is 0.322 e. The molecular formula is C26H38O5S. The summed E-state index contributed by atoms with van der Waals surface area (Å²) in [6, 6.07) is 0. The van der Waals surface area contributed by atoms with E-state index in [4.69, 9.17) is 9.47 Å². The SMILES string of the molecule is CSC1(C(=O)O[C@H]2C[C@@H](C)C=C3C=C[C@H](C)[C@H](CC[C@@H]4C[C@@H](O)CC(=O)O4)[C@H]32)CCCC1. The van der Waals surface area contributed by atoms with Crippen molar-refractivity contribution in [3.8, 4) is 0 Å². The van der Waals surface area contributed by atoms with E-state index < -0.39 is 6.10 Å². The Morgan fingerprint density at radius 1 is 1.25 bits per heavy atom. The van der Waals surface area contributed by atoms with Gasteiger partial charge < -0.3 is 14.6 Å². The van der Waals surface area contributed by atoms with Gasteiger partial charge in [-0.2, -0.15) is 0 Å². The van der Waals surface area contributed by atoms with Crippen molar-refractivity contribution in [1.82, 2.24) is 0 Å². The Hall–Kier alpha value is -1.27. The first kappa shape index (κ1) is 23.9. The van der Waals surface area contributed by atoms with E-state index in [0.29, 0.717) is 24.2 Å². The molecule has 32 heavy (non-hydrogen) atoms. The van der Waals surface area contributed by atoms with Crippen molar-refractivity contribution < 1.29 is 24.2 Å². The van der Waals surface area contributed by atoms with Gasteiger partial charge in [0.1, 0.15) is 17.0 Å². The average Bonchev–Trinajstić information content (AvgIpc) is 3.23. The summed E-state index contributed by atoms with van der Waals surface area (Å²) >= 11 is 1.66. The lowest BCUT2D eigenvalue weighted by atomic mass is 9.65. The van der Waals surface area contributed by atoms with Crippen molar-refractivity contribution in [1.29, 1.82) is 0 Å². The number of aliphatic hydroxyl groups is 1. The third-order valence-corrected chi connectivity index (χ3v) is 9.44. The second-order valence-electron chi connectivity index (χ2n) is 10.4. The van der Waals surface area contributed by atoms with Crippen LogP contribution in [0.3, 0.4) is 0 Å². The summed E-state index contributed by atoms with van der Waals surface area (Å²) in [7, 11) is 0. The first-order chi connectivity index (χ1) is 15.3. The lowest BCUT2D eigenvalue weighted by Gasteiger charge is -2.44. The number of ether oxygens (including phenoxy) is 2. The molecule has 0 spiro atoms. The van der Waals surface area contributed by atoms with Crippen molar-refractivity contribution in [3.05, 3.63) is 23.8 Å². The molecule has 7 atom stereocenters. The van der Waals surface area contributed by atoms with Gasteiger partial charge in [0.05, 0.1) is 12.5 Å². The highest BCUT2D eigenvalue weighted by molar-refractivity contribution is 8.00. The fraction of sp³-hybridized carbons (Fsp3) is 0.769. The maximum atomic E-state index is 13.3. The van der Waals surface area contributed by atoms with Crippen LogP contribution in [0.4, 0.5) is 0 Å². The predicted molar refractivity (Wildman–Crippen MR) is 126 cm³/mol. The first-order valence-corrected chi connectivity index (χ1v) is 13.6. The molecule has 0 unspecified atom stereocenters. The standard InChI is InChI=1S/C26H38O5S/c1-16-12-18-7-6-17(2)21(9-8-20-14-19(27)15-23(28)30-20)24(18)22(13-16)31-25(29)26(32-3)10-4-5-11-26/h6-7,12,16-17,19-22,24,27H,4-5,8-11,13-15H2,1-3H3/t16-,17-,19+,20+,21-,22-,24-/m0/s1. The number of carbonyl (C=O) groups is 2. The van der Waals surface area contributed by atoms with Gasteiger partial charge in [-0.15, -0.1) is 11.8 Å². The number of cyclic esters (lactones) is 1. The largest absolute Gasteiger partial charge is 0.462 e. The molecule has 4 rings (SSSR count). The van der Waals surface area contributed by atoms with E-state index in [1.165, 1.54) is 5.57 Å². The number of aliphatic hydroxyl groups excluding tert-OH is 1. The van der Waals surface area contributed by atoms with Gasteiger partial charge in [-0.1, -0.05) is 44.9 Å². The Labute approximate surface area is 196 Å². The number of rotatable bonds is 6. The van der Waals surface area contributed by atoms with Gasteiger partial charge in [-0.3, -0.25) is 9.59 Å². The lowest BCUT2D eigenvalue weighted by Crippen LogP contribution is -2.44. The third kappa shape index (κ3) is 4.96. The molecule has 5 nitrogen and oxygen atoms in total. The van der Waals surface area contributed by atoms with E-state index in [1.807, 2.05) is 6.26 Å². The summed E-state index contributed by atoms with van der Waals surface area (Å²) in [5.74, 6) is 0.912. The lowest BCUT2D eigenvalue weighted by molar-refractivity contribution is -0.162. The summed E-state index contributed by atoms with van der Waals surface area (Å²) in [6.45, 7) is 4.44. The van der Waals surface area contributed by atoms with Crippen molar-refractivity contribution in [2.24, 2.45) is 23.7 Å². The van der Waals surface area contributed by atoms with E-state index in [1.54, 1.807) is 11.8 Å². The molecule has 1 saturated carbocycles. The molecule has 0 amide bonds. The summed E-state index contributed by atoms with van der Waals surface area (Å²) in [4.78, 5) is 25.1. The van der Waals surface area contributed by atoms with E-state index in [-0.39, 0.29) is 41.2 Å². The minimum Gasteiger partial charge on any atom is -0.462 e. The van der Waals surface area contributed by atoms with E-state index >= 15 is 0 Å². The Kier molecular flexibility index (Phi) is 7.40. The van der Waals surface area contributed by atoms with Crippen LogP contribution in [0.15, 0.2) is 23.8 Å². The molecule has 1 heterocycles. The Balaban J connectivity index is 1.50. The monoisotopic (exact) mass is 462 g/mol. The van der Waals surface area contributed by atoms with Crippen LogP contribution in [-0.4, -0.2) is 46.4 Å². The van der Waals surface area contributed by atoms with Crippen LogP contribution in [0.5, 0.6) is 0 Å². The molecule has 0 aromatic carbocycles. The molecule has 3 aliphatic carbocycles. The van der Waals surface area contributed by atoms with Crippen molar-refractivity contribution in [2.75, 3.05) is 6.26 Å². The van der Waals surface area contributed by atoms with E-state index in [9.17, 15) is 14.7 Å². The summed E-state index contributed by atoms with van der Waals surface area (Å²) in [5, 5.41) is 9.97. The Morgan fingerprint density at radius 2 is 2.00 bits per heavy atom. The van der Waals surface area contributed by atoms with Crippen molar-refractivity contribution in [2.45, 2.75) is 94.7 Å². The van der Waals surface area contributed by atoms with E-state index in [2.05, 4.69) is 32.1 Å². The number of hydrogen-bond donors (Lipinski definition) is 1. The van der Waals surface area contributed by atoms with Crippen LogP contribution < -0.4 is 0 Å². The molecule has 0 bridgehead atoms. The van der Waals surface area contributed by atoms with Crippen LogP contribution in [0.25, 0.3) is 0 Å². The zero-order valence-electron chi connectivity index (χ0n) is 19.6. The van der Waals surface area contributed by atoms with Gasteiger partial charge >= 0.3 is 11.9 Å². The van der Waals surface area contributed by atoms with Crippen molar-refractivity contribution in [3.63, 3.8) is 0 Å². The minimum atomic E-state index is -0.598. The molecule has 1 N–H and O–H groups in total. The highest BCUT2D eigenvalue weighted by Gasteiger charge is 2.47. The molecular weight excluding hydrogens is 424 g/mol. The molecule has 2 fully saturated rings. The number of esters is 2. The number of thioether (sulfide) groups is 1. The third-order valence-electron chi connectivity index (χ3n) is 8.09. The topological polar surface area (TPSA) is 72.8 Å². The Bertz CT molecular complexity index is 768. The Morgan fingerprint density at radius 3 is 2.69 bits per heavy atom. The minimum absolute atomic E-state index is 0.0220. The molecule has 0 aromatic heterocycles. The second-order valence-corrected chi connectivity index (χ2v) is 11.6. The average molecular weight is 463 g/mol. The number of hydrogen-bond acceptors (Lipinski definition) is 6. The maximum absolute atomic E-state index is 13.3. The summed E-state index contributed by atoms with van der Waals surface area (Å²) in [5.41, 5.74) is 1.29. The summed E-state index contributed by atoms with van der Waals surface area (Å²) in [6.07, 6.45) is 15.1. The van der Waals surface area contributed by atoms with Crippen LogP contribution in [0.1, 0.15) is 71.6 Å². The molecule has 1 saturated heterocycles. The first-order valence-electron chi connectivity index (χ1n) is 12.3. The smallest absolute Gasteiger partial charge is 0.322 e. The molecule has 1 aliphatic heterocycles. The quantitative estimate of drug-likeness (QED) is 0.570. The van der Waals surface area contributed by atoms with Gasteiger partial charge in [-0.05, 0) is 61.7 Å². The van der Waals surface area contributed by atoms with Gasteiger partial charge in [0.2, 0.25) is 0 Å². The predicted octanol–water partition coefficient (Wildman–Crippen LogP) is 4.83. The molecule has 6 heteroatoms. The van der Waals surface area contributed by atoms with Crippen LogP contribution >= 0.6 is 11.8 Å². The zero-order valence-corrected chi connectivity index (χ0v) is 20.4. The highest BCUT2D eigenvalue weighted by Crippen LogP contribution is 2.47. The molecule has 0 radical (unpaired) electrons. The fourth-order valence-corrected chi connectivity index (χ4v) is 7.23. The van der Waals surface area contributed by atoms with Gasteiger partial charge in [0, 0.05) is 12.3 Å². The zero-order chi connectivity index (χ0) is 22.9. The van der Waals surface area contributed by atoms with E-state index in [0.717, 1.165) is 44.9 Å². The molecule has 0 aromatic rings. The van der Waals surface area contributed by atoms with Crippen molar-refractivity contribution >= 4 is 23.7 Å². The number of allylic oxidation sites excluding steroid dienone is 3. The van der Waals surface area contributed by atoms with Crippen LogP contribution in [-0.2, 0) is 19.1 Å². The number of fused-ring (bicyclic) bond motifs is 1. The normalized spacial score (nSPS) is 38.6. The second kappa shape index (κ2) is 9.92. The van der Waals surface area contributed by atoms with Gasteiger partial charge in [-0.25, -0.2) is 0 Å². The number of carbonyl (C=O) groups excluding carboxylic acids is 2. The van der Waals surface area contributed by atoms with Crippen LogP contribution in [0.2, 0.25) is 0 Å². The van der Waals surface area contributed by atoms with Crippen LogP contribution in [0, 0.1) is 23.7 Å². The fourth-order valence-electron chi connectivity index (χ4n) is 6.32. The van der Waals surface area contributed by atoms with Gasteiger partial charge in [0.15, 0.2) is 0 Å². The molecule has 178 valence electrons. The van der Waals surface area contributed by atoms with Gasteiger partial charge in [0.25, 0.3) is 0 Å². The summed E-state index contributed by atoms with van der Waals surface area (Å²) < 4.78 is 11.5. The molecule has 4 aliphatic rings.